The van der Waals surface area contributed by atoms with Crippen molar-refractivity contribution in [1.29, 1.82) is 0 Å². The van der Waals surface area contributed by atoms with Crippen LogP contribution >= 0.6 is 0 Å². The molecule has 0 aromatic heterocycles. The highest BCUT2D eigenvalue weighted by molar-refractivity contribution is 5.98. The summed E-state index contributed by atoms with van der Waals surface area (Å²) < 4.78 is 5.27. The van der Waals surface area contributed by atoms with Crippen molar-refractivity contribution < 1.29 is 14.3 Å². The van der Waals surface area contributed by atoms with Gasteiger partial charge in [0.05, 0.1) is 12.8 Å². The predicted octanol–water partition coefficient (Wildman–Crippen LogP) is 3.40. The quantitative estimate of drug-likeness (QED) is 0.752. The molecule has 1 unspecified atom stereocenters. The second kappa shape index (κ2) is 8.19. The number of hydrogen-bond donors (Lipinski definition) is 3. The minimum absolute atomic E-state index is 0.183. The molecule has 0 aliphatic carbocycles. The van der Waals surface area contributed by atoms with Gasteiger partial charge in [-0.25, -0.2) is 0 Å². The molecule has 6 heteroatoms. The topological polar surface area (TPSA) is 79.5 Å². The highest BCUT2D eigenvalue weighted by Gasteiger charge is 2.15. The fraction of sp³-hybridized carbons (Fsp3) is 0.263. The SMILES string of the molecule is COc1ccc(NC(C)=O)cc1NC(=O)C(C)Nc1cccc(C)c1. The van der Waals surface area contributed by atoms with Crippen molar-refractivity contribution in [2.24, 2.45) is 0 Å². The van der Waals surface area contributed by atoms with Gasteiger partial charge < -0.3 is 20.7 Å². The van der Waals surface area contributed by atoms with Crippen LogP contribution in [0.25, 0.3) is 0 Å². The number of amides is 2. The smallest absolute Gasteiger partial charge is 0.246 e. The molecule has 6 nitrogen and oxygen atoms in total. The predicted molar refractivity (Wildman–Crippen MR) is 100 cm³/mol. The molecule has 0 saturated carbocycles. The highest BCUT2D eigenvalue weighted by Crippen LogP contribution is 2.28. The van der Waals surface area contributed by atoms with E-state index in [1.165, 1.54) is 14.0 Å². The fourth-order valence-electron chi connectivity index (χ4n) is 2.38. The van der Waals surface area contributed by atoms with Gasteiger partial charge >= 0.3 is 0 Å². The molecule has 0 bridgehead atoms. The van der Waals surface area contributed by atoms with Crippen LogP contribution in [-0.2, 0) is 9.59 Å². The molecular formula is C19H23N3O3. The number of anilines is 3. The van der Waals surface area contributed by atoms with Gasteiger partial charge in [0.1, 0.15) is 11.8 Å². The number of carbonyl (C=O) groups is 2. The molecule has 2 aromatic carbocycles. The Balaban J connectivity index is 2.11. The molecule has 0 aliphatic rings. The number of nitrogens with one attached hydrogen (secondary N) is 3. The third-order valence-corrected chi connectivity index (χ3v) is 3.57. The molecular weight excluding hydrogens is 318 g/mol. The first kappa shape index (κ1) is 18.3. The second-order valence-corrected chi connectivity index (χ2v) is 5.82. The molecule has 2 amide bonds. The van der Waals surface area contributed by atoms with Crippen LogP contribution in [0.3, 0.4) is 0 Å². The first-order valence-corrected chi connectivity index (χ1v) is 7.98. The van der Waals surface area contributed by atoms with Crippen molar-refractivity contribution in [2.75, 3.05) is 23.1 Å². The number of benzene rings is 2. The van der Waals surface area contributed by atoms with Gasteiger partial charge in [0.15, 0.2) is 0 Å². The Morgan fingerprint density at radius 1 is 1.04 bits per heavy atom. The van der Waals surface area contributed by atoms with Crippen LogP contribution in [0.1, 0.15) is 19.4 Å². The van der Waals surface area contributed by atoms with Crippen molar-refractivity contribution in [2.45, 2.75) is 26.8 Å². The zero-order valence-corrected chi connectivity index (χ0v) is 14.8. The Morgan fingerprint density at radius 3 is 2.44 bits per heavy atom. The van der Waals surface area contributed by atoms with E-state index >= 15 is 0 Å². The Bertz CT molecular complexity index is 774. The first-order valence-electron chi connectivity index (χ1n) is 7.98. The maximum Gasteiger partial charge on any atom is 0.246 e. The number of ether oxygens (including phenoxy) is 1. The van der Waals surface area contributed by atoms with Gasteiger partial charge in [-0.1, -0.05) is 12.1 Å². The lowest BCUT2D eigenvalue weighted by atomic mass is 10.2. The highest BCUT2D eigenvalue weighted by atomic mass is 16.5. The van der Waals surface area contributed by atoms with Crippen LogP contribution in [0.5, 0.6) is 5.75 Å². The van der Waals surface area contributed by atoms with E-state index in [4.69, 9.17) is 4.74 Å². The summed E-state index contributed by atoms with van der Waals surface area (Å²) in [6.45, 7) is 5.20. The molecule has 25 heavy (non-hydrogen) atoms. The molecule has 0 heterocycles. The third-order valence-electron chi connectivity index (χ3n) is 3.57. The molecule has 132 valence electrons. The summed E-state index contributed by atoms with van der Waals surface area (Å²) in [5.41, 5.74) is 3.07. The van der Waals surface area contributed by atoms with Gasteiger partial charge in [0.25, 0.3) is 0 Å². The number of carbonyl (C=O) groups excluding carboxylic acids is 2. The summed E-state index contributed by atoms with van der Waals surface area (Å²) >= 11 is 0. The summed E-state index contributed by atoms with van der Waals surface area (Å²) in [6.07, 6.45) is 0. The zero-order valence-electron chi connectivity index (χ0n) is 14.8. The maximum atomic E-state index is 12.5. The largest absolute Gasteiger partial charge is 0.495 e. The molecule has 2 aromatic rings. The monoisotopic (exact) mass is 341 g/mol. The van der Waals surface area contributed by atoms with E-state index in [1.807, 2.05) is 31.2 Å². The van der Waals surface area contributed by atoms with Crippen LogP contribution in [0, 0.1) is 6.92 Å². The third kappa shape index (κ3) is 5.24. The van der Waals surface area contributed by atoms with Gasteiger partial charge in [-0.2, -0.15) is 0 Å². The van der Waals surface area contributed by atoms with Crippen LogP contribution < -0.4 is 20.7 Å². The lowest BCUT2D eigenvalue weighted by molar-refractivity contribution is -0.116. The van der Waals surface area contributed by atoms with Gasteiger partial charge in [-0.3, -0.25) is 9.59 Å². The van der Waals surface area contributed by atoms with Crippen LogP contribution in [0.2, 0.25) is 0 Å². The van der Waals surface area contributed by atoms with Gasteiger partial charge in [-0.15, -0.1) is 0 Å². The summed E-state index contributed by atoms with van der Waals surface area (Å²) in [4.78, 5) is 23.7. The molecule has 0 fully saturated rings. The van der Waals surface area contributed by atoms with E-state index in [1.54, 1.807) is 25.1 Å². The molecule has 0 aliphatic heterocycles. The lowest BCUT2D eigenvalue weighted by Gasteiger charge is -2.17. The van der Waals surface area contributed by atoms with Gasteiger partial charge in [0.2, 0.25) is 11.8 Å². The lowest BCUT2D eigenvalue weighted by Crippen LogP contribution is -2.32. The first-order chi connectivity index (χ1) is 11.9. The Labute approximate surface area is 147 Å². The Kier molecular flexibility index (Phi) is 6.00. The summed E-state index contributed by atoms with van der Waals surface area (Å²) in [6, 6.07) is 12.4. The van der Waals surface area contributed by atoms with Crippen LogP contribution in [-0.4, -0.2) is 25.0 Å². The summed E-state index contributed by atoms with van der Waals surface area (Å²) in [5.74, 6) is 0.127. The Hall–Kier alpha value is -3.02. The van der Waals surface area contributed by atoms with Crippen LogP contribution in [0.15, 0.2) is 42.5 Å². The van der Waals surface area contributed by atoms with Crippen molar-refractivity contribution in [3.8, 4) is 5.75 Å². The molecule has 0 spiro atoms. The van der Waals surface area contributed by atoms with Crippen molar-refractivity contribution in [3.63, 3.8) is 0 Å². The van der Waals surface area contributed by atoms with Crippen molar-refractivity contribution >= 4 is 28.9 Å². The number of hydrogen-bond acceptors (Lipinski definition) is 4. The molecule has 1 atom stereocenters. The molecule has 0 radical (unpaired) electrons. The average molecular weight is 341 g/mol. The second-order valence-electron chi connectivity index (χ2n) is 5.82. The number of aryl methyl sites for hydroxylation is 1. The maximum absolute atomic E-state index is 12.5. The average Bonchev–Trinajstić information content (AvgIpc) is 2.54. The van der Waals surface area contributed by atoms with E-state index in [0.29, 0.717) is 17.1 Å². The fourth-order valence-corrected chi connectivity index (χ4v) is 2.38. The standard InChI is InChI=1S/C19H23N3O3/c1-12-6-5-7-15(10-12)20-13(2)19(24)22-17-11-16(21-14(3)23)8-9-18(17)25-4/h5-11,13,20H,1-4H3,(H,21,23)(H,22,24). The van der Waals surface area contributed by atoms with Crippen molar-refractivity contribution in [1.82, 2.24) is 0 Å². The van der Waals surface area contributed by atoms with E-state index < -0.39 is 6.04 Å². The van der Waals surface area contributed by atoms with E-state index in [2.05, 4.69) is 16.0 Å². The molecule has 2 rings (SSSR count). The van der Waals surface area contributed by atoms with Crippen molar-refractivity contribution in [3.05, 3.63) is 48.0 Å². The molecule has 0 saturated heterocycles. The summed E-state index contributed by atoms with van der Waals surface area (Å²) in [7, 11) is 1.53. The zero-order chi connectivity index (χ0) is 18.4. The minimum atomic E-state index is -0.448. The number of methoxy groups -OCH3 is 1. The van der Waals surface area contributed by atoms with Gasteiger partial charge in [0, 0.05) is 18.3 Å². The Morgan fingerprint density at radius 2 is 1.80 bits per heavy atom. The number of rotatable bonds is 6. The molecule has 3 N–H and O–H groups in total. The van der Waals surface area contributed by atoms with Crippen LogP contribution in [0.4, 0.5) is 17.1 Å². The van der Waals surface area contributed by atoms with E-state index in [0.717, 1.165) is 11.3 Å². The van der Waals surface area contributed by atoms with Gasteiger partial charge in [-0.05, 0) is 49.7 Å². The minimum Gasteiger partial charge on any atom is -0.495 e. The van der Waals surface area contributed by atoms with E-state index in [-0.39, 0.29) is 11.8 Å². The normalized spacial score (nSPS) is 11.4. The summed E-state index contributed by atoms with van der Waals surface area (Å²) in [5, 5.41) is 8.68. The van der Waals surface area contributed by atoms with E-state index in [9.17, 15) is 9.59 Å².